The number of hydrogen-bond acceptors (Lipinski definition) is 1. The topological polar surface area (TPSA) is 32.3 Å². The van der Waals surface area contributed by atoms with Crippen LogP contribution in [0.15, 0.2) is 0 Å². The summed E-state index contributed by atoms with van der Waals surface area (Å²) in [6.45, 7) is 1.91. The molecule has 15 heavy (non-hydrogen) atoms. The number of piperidine rings is 1. The first-order chi connectivity index (χ1) is 7.36. The van der Waals surface area contributed by atoms with E-state index in [1.54, 1.807) is 0 Å². The van der Waals surface area contributed by atoms with Crippen LogP contribution in [0.1, 0.15) is 51.4 Å². The Balaban J connectivity index is 1.74. The molecule has 2 fully saturated rings. The zero-order valence-corrected chi connectivity index (χ0v) is 9.50. The third-order valence-electron chi connectivity index (χ3n) is 3.58. The number of carbonyl (C=O) groups excluding carboxylic acids is 1. The van der Waals surface area contributed by atoms with Gasteiger partial charge in [-0.05, 0) is 32.1 Å². The molecular weight excluding hydrogens is 188 g/mol. The van der Waals surface area contributed by atoms with Crippen LogP contribution in [0.4, 0.5) is 4.79 Å². The summed E-state index contributed by atoms with van der Waals surface area (Å²) in [5.74, 6) is 0. The molecule has 0 spiro atoms. The summed E-state index contributed by atoms with van der Waals surface area (Å²) in [4.78, 5) is 13.9. The van der Waals surface area contributed by atoms with E-state index < -0.39 is 0 Å². The van der Waals surface area contributed by atoms with Crippen molar-refractivity contribution in [2.45, 2.75) is 57.4 Å². The van der Waals surface area contributed by atoms with Gasteiger partial charge in [0.15, 0.2) is 0 Å². The van der Waals surface area contributed by atoms with Crippen molar-refractivity contribution >= 4 is 6.03 Å². The third-order valence-corrected chi connectivity index (χ3v) is 3.58. The molecule has 0 aromatic heterocycles. The van der Waals surface area contributed by atoms with Crippen molar-refractivity contribution in [1.29, 1.82) is 0 Å². The van der Waals surface area contributed by atoms with Crippen LogP contribution in [0.3, 0.4) is 0 Å². The Morgan fingerprint density at radius 1 is 0.933 bits per heavy atom. The molecule has 1 heterocycles. The summed E-state index contributed by atoms with van der Waals surface area (Å²) in [6.07, 6.45) is 9.91. The molecule has 1 aliphatic carbocycles. The summed E-state index contributed by atoms with van der Waals surface area (Å²) in [6, 6.07) is 0.634. The number of likely N-dealkylation sites (tertiary alicyclic amines) is 1. The molecule has 0 bridgehead atoms. The lowest BCUT2D eigenvalue weighted by atomic mass is 9.96. The fourth-order valence-corrected chi connectivity index (χ4v) is 2.61. The highest BCUT2D eigenvalue weighted by Crippen LogP contribution is 2.18. The van der Waals surface area contributed by atoms with Crippen molar-refractivity contribution in [3.63, 3.8) is 0 Å². The van der Waals surface area contributed by atoms with Gasteiger partial charge in [0, 0.05) is 19.1 Å². The van der Waals surface area contributed by atoms with Gasteiger partial charge in [-0.25, -0.2) is 4.79 Å². The molecule has 0 atom stereocenters. The van der Waals surface area contributed by atoms with E-state index in [1.165, 1.54) is 51.4 Å². The second-order valence-corrected chi connectivity index (χ2v) is 4.83. The number of hydrogen-bond donors (Lipinski definition) is 1. The molecule has 3 nitrogen and oxygen atoms in total. The first-order valence-electron chi connectivity index (χ1n) is 6.42. The maximum Gasteiger partial charge on any atom is 0.317 e. The van der Waals surface area contributed by atoms with Gasteiger partial charge in [-0.3, -0.25) is 0 Å². The minimum atomic E-state index is 0.182. The predicted molar refractivity (Wildman–Crippen MR) is 60.8 cm³/mol. The number of nitrogens with zero attached hydrogens (tertiary/aromatic N) is 1. The molecule has 0 aromatic carbocycles. The number of nitrogens with one attached hydrogen (secondary N) is 1. The molecule has 2 amide bonds. The molecule has 3 heteroatoms. The Kier molecular flexibility index (Phi) is 3.87. The van der Waals surface area contributed by atoms with Crippen LogP contribution < -0.4 is 5.32 Å². The smallest absolute Gasteiger partial charge is 0.317 e. The third kappa shape index (κ3) is 3.11. The standard InChI is InChI=1S/C12H22N2O/c15-12(14-9-5-2-6-10-14)13-11-7-3-1-4-8-11/h11H,1-10H2,(H,13,15). The zero-order chi connectivity index (χ0) is 10.5. The van der Waals surface area contributed by atoms with E-state index in [-0.39, 0.29) is 6.03 Å². The summed E-state index contributed by atoms with van der Waals surface area (Å²) >= 11 is 0. The Labute approximate surface area is 92.2 Å². The van der Waals surface area contributed by atoms with E-state index in [4.69, 9.17) is 0 Å². The van der Waals surface area contributed by atoms with Crippen molar-refractivity contribution in [2.75, 3.05) is 13.1 Å². The molecule has 0 aromatic rings. The fourth-order valence-electron chi connectivity index (χ4n) is 2.61. The second kappa shape index (κ2) is 5.38. The van der Waals surface area contributed by atoms with Crippen LogP contribution in [-0.2, 0) is 0 Å². The highest BCUT2D eigenvalue weighted by atomic mass is 16.2. The molecule has 2 aliphatic rings. The normalized spacial score (nSPS) is 23.9. The summed E-state index contributed by atoms with van der Waals surface area (Å²) in [5.41, 5.74) is 0. The van der Waals surface area contributed by atoms with Gasteiger partial charge in [0.05, 0.1) is 0 Å². The predicted octanol–water partition coefficient (Wildman–Crippen LogP) is 2.51. The molecule has 1 saturated carbocycles. The second-order valence-electron chi connectivity index (χ2n) is 4.83. The van der Waals surface area contributed by atoms with E-state index in [0.29, 0.717) is 6.04 Å². The van der Waals surface area contributed by atoms with Crippen LogP contribution >= 0.6 is 0 Å². The molecule has 1 aliphatic heterocycles. The number of urea groups is 1. The van der Waals surface area contributed by atoms with Crippen LogP contribution in [0.2, 0.25) is 0 Å². The van der Waals surface area contributed by atoms with Gasteiger partial charge in [0.25, 0.3) is 0 Å². The quantitative estimate of drug-likeness (QED) is 0.708. The monoisotopic (exact) mass is 210 g/mol. The van der Waals surface area contributed by atoms with Crippen LogP contribution in [0, 0.1) is 0 Å². The van der Waals surface area contributed by atoms with Gasteiger partial charge >= 0.3 is 6.03 Å². The number of carbonyl (C=O) groups is 1. The lowest BCUT2D eigenvalue weighted by molar-refractivity contribution is 0.179. The Morgan fingerprint density at radius 2 is 1.53 bits per heavy atom. The van der Waals surface area contributed by atoms with Crippen molar-refractivity contribution in [1.82, 2.24) is 10.2 Å². The van der Waals surface area contributed by atoms with Crippen LogP contribution in [0.5, 0.6) is 0 Å². The fraction of sp³-hybridized carbons (Fsp3) is 0.917. The first kappa shape index (κ1) is 10.8. The minimum Gasteiger partial charge on any atom is -0.335 e. The van der Waals surface area contributed by atoms with Gasteiger partial charge in [0.2, 0.25) is 0 Å². The largest absolute Gasteiger partial charge is 0.335 e. The SMILES string of the molecule is O=C(NC1CCCCC1)N1CCCCC1. The number of amides is 2. The molecule has 2 rings (SSSR count). The van der Waals surface area contributed by atoms with Crippen molar-refractivity contribution in [2.24, 2.45) is 0 Å². The Bertz CT molecular complexity index is 206. The molecule has 1 N–H and O–H groups in total. The summed E-state index contributed by atoms with van der Waals surface area (Å²) < 4.78 is 0. The van der Waals surface area contributed by atoms with Crippen molar-refractivity contribution in [3.05, 3.63) is 0 Å². The highest BCUT2D eigenvalue weighted by Gasteiger charge is 2.20. The van der Waals surface area contributed by atoms with Gasteiger partial charge in [-0.15, -0.1) is 0 Å². The van der Waals surface area contributed by atoms with E-state index in [2.05, 4.69) is 5.32 Å². The van der Waals surface area contributed by atoms with E-state index >= 15 is 0 Å². The molecule has 0 radical (unpaired) electrons. The zero-order valence-electron chi connectivity index (χ0n) is 9.50. The molecule has 0 unspecified atom stereocenters. The minimum absolute atomic E-state index is 0.182. The van der Waals surface area contributed by atoms with Gasteiger partial charge in [-0.2, -0.15) is 0 Å². The maximum atomic E-state index is 11.9. The summed E-state index contributed by atoms with van der Waals surface area (Å²) in [7, 11) is 0. The average Bonchev–Trinajstić information content (AvgIpc) is 2.31. The number of rotatable bonds is 1. The van der Waals surface area contributed by atoms with E-state index in [9.17, 15) is 4.79 Å². The van der Waals surface area contributed by atoms with Crippen molar-refractivity contribution < 1.29 is 4.79 Å². The Morgan fingerprint density at radius 3 is 2.20 bits per heavy atom. The highest BCUT2D eigenvalue weighted by molar-refractivity contribution is 5.74. The van der Waals surface area contributed by atoms with Gasteiger partial charge < -0.3 is 10.2 Å². The lowest BCUT2D eigenvalue weighted by Crippen LogP contribution is -2.47. The van der Waals surface area contributed by atoms with E-state index in [0.717, 1.165) is 13.1 Å². The molecule has 86 valence electrons. The van der Waals surface area contributed by atoms with Crippen LogP contribution in [-0.4, -0.2) is 30.1 Å². The molecular formula is C12H22N2O. The molecule has 1 saturated heterocycles. The summed E-state index contributed by atoms with van der Waals surface area (Å²) in [5, 5.41) is 3.18. The van der Waals surface area contributed by atoms with Crippen molar-refractivity contribution in [3.8, 4) is 0 Å². The first-order valence-corrected chi connectivity index (χ1v) is 6.42. The lowest BCUT2D eigenvalue weighted by Gasteiger charge is -2.30. The average molecular weight is 210 g/mol. The maximum absolute atomic E-state index is 11.9. The van der Waals surface area contributed by atoms with Crippen LogP contribution in [0.25, 0.3) is 0 Å². The van der Waals surface area contributed by atoms with Gasteiger partial charge in [-0.1, -0.05) is 19.3 Å². The Hall–Kier alpha value is -0.730. The van der Waals surface area contributed by atoms with E-state index in [1.807, 2.05) is 4.90 Å². The van der Waals surface area contributed by atoms with Gasteiger partial charge in [0.1, 0.15) is 0 Å².